The number of nitroso groups, excluding NO2 is 1. The third-order valence-corrected chi connectivity index (χ3v) is 5.94. The molecule has 3 heterocycles. The SMILES string of the molecule is CN(c1ccc(-c2ccc(-c3ncc(N=O)[nH]3)cc2O)nn1)C1CC(C)(C)NC(C)(C)C1. The second-order valence-electron chi connectivity index (χ2n) is 9.78. The van der Waals surface area contributed by atoms with Gasteiger partial charge in [0.2, 0.25) is 0 Å². The van der Waals surface area contributed by atoms with E-state index in [4.69, 9.17) is 0 Å². The molecule has 0 atom stereocenters. The summed E-state index contributed by atoms with van der Waals surface area (Å²) in [4.78, 5) is 19.7. The Morgan fingerprint density at radius 2 is 1.81 bits per heavy atom. The molecule has 0 bridgehead atoms. The topological polar surface area (TPSA) is 119 Å². The third kappa shape index (κ3) is 4.47. The number of phenols is 1. The number of phenolic OH excluding ortho intramolecular Hbond substituents is 1. The van der Waals surface area contributed by atoms with Gasteiger partial charge in [-0.1, -0.05) is 6.07 Å². The average molecular weight is 436 g/mol. The molecule has 1 saturated heterocycles. The van der Waals surface area contributed by atoms with Gasteiger partial charge in [-0.25, -0.2) is 4.98 Å². The quantitative estimate of drug-likeness (QED) is 0.509. The summed E-state index contributed by atoms with van der Waals surface area (Å²) in [6, 6.07) is 9.27. The van der Waals surface area contributed by atoms with Crippen LogP contribution in [0.3, 0.4) is 0 Å². The average Bonchev–Trinajstić information content (AvgIpc) is 3.20. The summed E-state index contributed by atoms with van der Waals surface area (Å²) in [5, 5.41) is 25.9. The minimum absolute atomic E-state index is 0.0398. The highest BCUT2D eigenvalue weighted by Crippen LogP contribution is 2.34. The molecule has 0 aliphatic carbocycles. The number of hydrogen-bond acceptors (Lipinski definition) is 8. The summed E-state index contributed by atoms with van der Waals surface area (Å²) < 4.78 is 0. The molecule has 9 nitrogen and oxygen atoms in total. The summed E-state index contributed by atoms with van der Waals surface area (Å²) in [7, 11) is 2.06. The lowest BCUT2D eigenvalue weighted by atomic mass is 9.79. The van der Waals surface area contributed by atoms with Crippen LogP contribution in [0, 0.1) is 4.91 Å². The van der Waals surface area contributed by atoms with E-state index in [-0.39, 0.29) is 22.6 Å². The highest BCUT2D eigenvalue weighted by atomic mass is 16.3. The first-order valence-electron chi connectivity index (χ1n) is 10.6. The van der Waals surface area contributed by atoms with Crippen molar-refractivity contribution in [2.75, 3.05) is 11.9 Å². The molecule has 0 amide bonds. The van der Waals surface area contributed by atoms with Crippen LogP contribution >= 0.6 is 0 Å². The minimum atomic E-state index is 0.0398. The van der Waals surface area contributed by atoms with E-state index in [1.54, 1.807) is 18.2 Å². The number of nitrogens with zero attached hydrogens (tertiary/aromatic N) is 5. The van der Waals surface area contributed by atoms with Crippen molar-refractivity contribution in [1.82, 2.24) is 25.5 Å². The van der Waals surface area contributed by atoms with Crippen molar-refractivity contribution in [2.24, 2.45) is 5.18 Å². The van der Waals surface area contributed by atoms with E-state index < -0.39 is 0 Å². The van der Waals surface area contributed by atoms with Gasteiger partial charge in [-0.15, -0.1) is 15.1 Å². The van der Waals surface area contributed by atoms with Crippen molar-refractivity contribution >= 4 is 11.6 Å². The van der Waals surface area contributed by atoms with Gasteiger partial charge in [-0.2, -0.15) is 0 Å². The minimum Gasteiger partial charge on any atom is -0.507 e. The van der Waals surface area contributed by atoms with E-state index in [0.717, 1.165) is 18.7 Å². The molecule has 1 aliphatic heterocycles. The fraction of sp³-hybridized carbons (Fsp3) is 0.435. The van der Waals surface area contributed by atoms with Crippen LogP contribution in [0.5, 0.6) is 5.75 Å². The third-order valence-electron chi connectivity index (χ3n) is 5.94. The number of benzene rings is 1. The van der Waals surface area contributed by atoms with Crippen molar-refractivity contribution in [1.29, 1.82) is 0 Å². The molecule has 4 rings (SSSR count). The number of imidazole rings is 1. The second kappa shape index (κ2) is 7.98. The van der Waals surface area contributed by atoms with Crippen LogP contribution in [0.1, 0.15) is 40.5 Å². The summed E-state index contributed by atoms with van der Waals surface area (Å²) >= 11 is 0. The molecule has 0 unspecified atom stereocenters. The van der Waals surface area contributed by atoms with Gasteiger partial charge >= 0.3 is 0 Å². The van der Waals surface area contributed by atoms with E-state index in [1.165, 1.54) is 6.20 Å². The zero-order valence-corrected chi connectivity index (χ0v) is 19.0. The number of aromatic amines is 1. The van der Waals surface area contributed by atoms with Crippen LogP contribution in [0.2, 0.25) is 0 Å². The number of rotatable bonds is 5. The van der Waals surface area contributed by atoms with Gasteiger partial charge in [0, 0.05) is 35.3 Å². The Kier molecular flexibility index (Phi) is 5.46. The molecule has 2 aromatic heterocycles. The van der Waals surface area contributed by atoms with Crippen LogP contribution in [0.25, 0.3) is 22.6 Å². The van der Waals surface area contributed by atoms with E-state index in [2.05, 4.69) is 70.3 Å². The Morgan fingerprint density at radius 1 is 1.09 bits per heavy atom. The normalized spacial score (nSPS) is 17.8. The fourth-order valence-electron chi connectivity index (χ4n) is 4.79. The smallest absolute Gasteiger partial charge is 0.194 e. The first-order valence-corrected chi connectivity index (χ1v) is 10.6. The highest BCUT2D eigenvalue weighted by Gasteiger charge is 2.39. The number of H-pyrrole nitrogens is 1. The number of aromatic hydroxyl groups is 1. The molecule has 9 heteroatoms. The molecule has 1 fully saturated rings. The van der Waals surface area contributed by atoms with Crippen LogP contribution in [0.4, 0.5) is 11.6 Å². The molecule has 1 aliphatic rings. The maximum absolute atomic E-state index is 10.6. The Hall–Kier alpha value is -3.33. The fourth-order valence-corrected chi connectivity index (χ4v) is 4.79. The molecule has 32 heavy (non-hydrogen) atoms. The van der Waals surface area contributed by atoms with Gasteiger partial charge < -0.3 is 20.3 Å². The Labute approximate surface area is 187 Å². The number of anilines is 1. The van der Waals surface area contributed by atoms with Crippen molar-refractivity contribution < 1.29 is 5.11 Å². The Morgan fingerprint density at radius 3 is 2.38 bits per heavy atom. The standard InChI is InChI=1S/C23H29N7O2/c1-22(2)11-15(12-23(3,4)29-22)30(5)20-9-8-17(26-27-20)16-7-6-14(10-18(16)31)21-24-13-19(25-21)28-32/h6-10,13,15,29,31H,11-12H2,1-5H3,(H,24,25). The summed E-state index contributed by atoms with van der Waals surface area (Å²) in [5.74, 6) is 1.44. The van der Waals surface area contributed by atoms with E-state index in [1.807, 2.05) is 12.1 Å². The van der Waals surface area contributed by atoms with Crippen LogP contribution in [-0.2, 0) is 0 Å². The van der Waals surface area contributed by atoms with Gasteiger partial charge in [0.15, 0.2) is 11.6 Å². The predicted molar refractivity (Wildman–Crippen MR) is 125 cm³/mol. The largest absolute Gasteiger partial charge is 0.507 e. The summed E-state index contributed by atoms with van der Waals surface area (Å²) in [6.07, 6.45) is 3.36. The molecule has 0 spiro atoms. The van der Waals surface area contributed by atoms with Gasteiger partial charge in [0.1, 0.15) is 11.6 Å². The maximum atomic E-state index is 10.6. The van der Waals surface area contributed by atoms with Crippen LogP contribution < -0.4 is 10.2 Å². The zero-order valence-electron chi connectivity index (χ0n) is 19.0. The lowest BCUT2D eigenvalue weighted by molar-refractivity contribution is 0.160. The van der Waals surface area contributed by atoms with E-state index in [0.29, 0.717) is 28.7 Å². The monoisotopic (exact) mass is 435 g/mol. The van der Waals surface area contributed by atoms with Gasteiger partial charge in [-0.3, -0.25) is 0 Å². The van der Waals surface area contributed by atoms with E-state index in [9.17, 15) is 10.0 Å². The molecule has 1 aromatic carbocycles. The Bertz CT molecular complexity index is 1110. The first-order chi connectivity index (χ1) is 15.1. The number of hydrogen-bond donors (Lipinski definition) is 3. The highest BCUT2D eigenvalue weighted by molar-refractivity contribution is 5.72. The number of aromatic nitrogens is 4. The predicted octanol–water partition coefficient (Wildman–Crippen LogP) is 4.38. The van der Waals surface area contributed by atoms with Crippen molar-refractivity contribution in [3.63, 3.8) is 0 Å². The molecular formula is C23H29N7O2. The zero-order chi connectivity index (χ0) is 23.1. The molecule has 3 aromatic rings. The maximum Gasteiger partial charge on any atom is 0.194 e. The van der Waals surface area contributed by atoms with Crippen LogP contribution in [-0.4, -0.2) is 49.4 Å². The molecule has 3 N–H and O–H groups in total. The first kappa shape index (κ1) is 21.9. The van der Waals surface area contributed by atoms with Crippen molar-refractivity contribution in [3.05, 3.63) is 41.4 Å². The summed E-state index contributed by atoms with van der Waals surface area (Å²) in [5.41, 5.74) is 1.87. The van der Waals surface area contributed by atoms with Crippen molar-refractivity contribution in [3.8, 4) is 28.4 Å². The number of piperidine rings is 1. The lowest BCUT2D eigenvalue weighted by Crippen LogP contribution is -2.62. The van der Waals surface area contributed by atoms with Gasteiger partial charge in [0.05, 0.1) is 11.9 Å². The van der Waals surface area contributed by atoms with Gasteiger partial charge in [-0.05, 0) is 70.0 Å². The second-order valence-corrected chi connectivity index (χ2v) is 9.78. The molecule has 0 saturated carbocycles. The summed E-state index contributed by atoms with van der Waals surface area (Å²) in [6.45, 7) is 8.92. The van der Waals surface area contributed by atoms with Crippen LogP contribution in [0.15, 0.2) is 41.7 Å². The van der Waals surface area contributed by atoms with Gasteiger partial charge in [0.25, 0.3) is 0 Å². The Balaban J connectivity index is 1.54. The molecular weight excluding hydrogens is 406 g/mol. The van der Waals surface area contributed by atoms with E-state index >= 15 is 0 Å². The van der Waals surface area contributed by atoms with Crippen molar-refractivity contribution in [2.45, 2.75) is 57.7 Å². The number of nitrogens with one attached hydrogen (secondary N) is 2. The lowest BCUT2D eigenvalue weighted by Gasteiger charge is -2.49. The molecule has 0 radical (unpaired) electrons. The molecule has 168 valence electrons.